The molecule has 0 saturated carbocycles. The Hall–Kier alpha value is -2.24. The lowest BCUT2D eigenvalue weighted by molar-refractivity contribution is 0.270. The van der Waals surface area contributed by atoms with Gasteiger partial charge in [0.2, 0.25) is 0 Å². The number of rotatable bonds is 7. The van der Waals surface area contributed by atoms with E-state index in [1.54, 1.807) is 25.1 Å². The molecular weight excluding hydrogens is 368 g/mol. The summed E-state index contributed by atoms with van der Waals surface area (Å²) in [5.74, 6) is 1.67. The van der Waals surface area contributed by atoms with Crippen molar-refractivity contribution < 1.29 is 9.84 Å². The largest absolute Gasteiger partial charge is 0.496 e. The van der Waals surface area contributed by atoms with Crippen LogP contribution < -0.4 is 4.74 Å². The summed E-state index contributed by atoms with van der Waals surface area (Å²) < 4.78 is 7.53. The average Bonchev–Trinajstić information content (AvgIpc) is 3.08. The van der Waals surface area contributed by atoms with E-state index in [9.17, 15) is 5.11 Å². The van der Waals surface area contributed by atoms with E-state index in [-0.39, 0.29) is 12.0 Å². The van der Waals surface area contributed by atoms with Gasteiger partial charge in [0.25, 0.3) is 0 Å². The van der Waals surface area contributed by atoms with Crippen molar-refractivity contribution in [1.82, 2.24) is 9.55 Å². The third kappa shape index (κ3) is 4.78. The smallest absolute Gasteiger partial charge is 0.168 e. The zero-order valence-corrected chi connectivity index (χ0v) is 17.8. The van der Waals surface area contributed by atoms with Crippen molar-refractivity contribution in [2.75, 3.05) is 7.11 Å². The fraction of sp³-hybridized carbons (Fsp3) is 0.348. The summed E-state index contributed by atoms with van der Waals surface area (Å²) in [6, 6.07) is 16.7. The molecule has 0 unspecified atom stereocenters. The lowest BCUT2D eigenvalue weighted by Crippen LogP contribution is -2.10. The number of aliphatic hydroxyl groups excluding tert-OH is 1. The molecule has 0 aliphatic rings. The van der Waals surface area contributed by atoms with E-state index in [4.69, 9.17) is 4.74 Å². The van der Waals surface area contributed by atoms with Gasteiger partial charge in [0, 0.05) is 11.3 Å². The van der Waals surface area contributed by atoms with Crippen LogP contribution in [0.5, 0.6) is 5.75 Å². The van der Waals surface area contributed by atoms with Crippen LogP contribution in [0, 0.1) is 0 Å². The number of benzene rings is 2. The lowest BCUT2D eigenvalue weighted by Gasteiger charge is -2.19. The van der Waals surface area contributed by atoms with Crippen LogP contribution >= 0.6 is 11.8 Å². The van der Waals surface area contributed by atoms with Crippen LogP contribution in [0.25, 0.3) is 0 Å². The highest BCUT2D eigenvalue weighted by atomic mass is 32.2. The van der Waals surface area contributed by atoms with Crippen LogP contribution in [0.1, 0.15) is 43.2 Å². The van der Waals surface area contributed by atoms with Crippen molar-refractivity contribution in [1.29, 1.82) is 0 Å². The Morgan fingerprint density at radius 1 is 1.07 bits per heavy atom. The van der Waals surface area contributed by atoms with Crippen LogP contribution in [0.4, 0.5) is 0 Å². The van der Waals surface area contributed by atoms with Crippen molar-refractivity contribution in [3.63, 3.8) is 0 Å². The first-order chi connectivity index (χ1) is 13.4. The van der Waals surface area contributed by atoms with E-state index in [2.05, 4.69) is 54.6 Å². The first-order valence-electron chi connectivity index (χ1n) is 9.41. The molecule has 0 aliphatic carbocycles. The number of ether oxygens (including phenoxy) is 1. The number of methoxy groups -OCH3 is 1. The van der Waals surface area contributed by atoms with Gasteiger partial charge in [-0.3, -0.25) is 0 Å². The van der Waals surface area contributed by atoms with Crippen LogP contribution in [0.15, 0.2) is 59.9 Å². The van der Waals surface area contributed by atoms with Gasteiger partial charge < -0.3 is 14.4 Å². The number of hydrogen-bond acceptors (Lipinski definition) is 4. The summed E-state index contributed by atoms with van der Waals surface area (Å²) in [7, 11) is 1.68. The van der Waals surface area contributed by atoms with Gasteiger partial charge in [0.1, 0.15) is 5.75 Å². The number of para-hydroxylation sites is 1. The molecule has 3 aromatic rings. The van der Waals surface area contributed by atoms with Gasteiger partial charge in [0.05, 0.1) is 32.2 Å². The summed E-state index contributed by atoms with van der Waals surface area (Å²) in [5.41, 5.74) is 4.62. The second kappa shape index (κ2) is 8.84. The minimum absolute atomic E-state index is 0.0387. The molecule has 4 nitrogen and oxygen atoms in total. The maximum absolute atomic E-state index is 9.73. The second-order valence-corrected chi connectivity index (χ2v) is 8.77. The van der Waals surface area contributed by atoms with Crippen LogP contribution in [-0.2, 0) is 24.3 Å². The molecule has 1 aromatic heterocycles. The van der Waals surface area contributed by atoms with Crippen LogP contribution in [-0.4, -0.2) is 21.8 Å². The number of hydrogen-bond donors (Lipinski definition) is 1. The third-order valence-corrected chi connectivity index (χ3v) is 5.83. The fourth-order valence-electron chi connectivity index (χ4n) is 3.06. The molecular formula is C23H28N2O2S. The zero-order valence-electron chi connectivity index (χ0n) is 17.0. The number of thioether (sulfide) groups is 1. The van der Waals surface area contributed by atoms with Gasteiger partial charge in [-0.2, -0.15) is 0 Å². The van der Waals surface area contributed by atoms with Crippen LogP contribution in [0.2, 0.25) is 0 Å². The van der Waals surface area contributed by atoms with E-state index in [1.165, 1.54) is 11.1 Å². The molecule has 2 aromatic carbocycles. The van der Waals surface area contributed by atoms with Gasteiger partial charge in [-0.05, 0) is 22.6 Å². The molecule has 0 radical (unpaired) electrons. The topological polar surface area (TPSA) is 47.3 Å². The summed E-state index contributed by atoms with van der Waals surface area (Å²) in [4.78, 5) is 4.54. The van der Waals surface area contributed by atoms with E-state index in [0.29, 0.717) is 6.54 Å². The first-order valence-corrected chi connectivity index (χ1v) is 10.4. The van der Waals surface area contributed by atoms with E-state index in [0.717, 1.165) is 27.9 Å². The van der Waals surface area contributed by atoms with E-state index >= 15 is 0 Å². The molecule has 5 heteroatoms. The molecule has 28 heavy (non-hydrogen) atoms. The molecule has 0 amide bonds. The third-order valence-electron chi connectivity index (χ3n) is 4.77. The van der Waals surface area contributed by atoms with E-state index in [1.807, 2.05) is 24.3 Å². The Morgan fingerprint density at radius 3 is 2.43 bits per heavy atom. The van der Waals surface area contributed by atoms with Crippen molar-refractivity contribution in [3.8, 4) is 5.75 Å². The SMILES string of the molecule is COc1ccccc1Cn1c(CO)cnc1SCc1ccc(C(C)(C)C)cc1. The number of nitrogens with zero attached hydrogens (tertiary/aromatic N) is 2. The minimum atomic E-state index is -0.0387. The minimum Gasteiger partial charge on any atom is -0.496 e. The van der Waals surface area contributed by atoms with Crippen molar-refractivity contribution in [2.24, 2.45) is 0 Å². The molecule has 3 rings (SSSR count). The highest BCUT2D eigenvalue weighted by molar-refractivity contribution is 7.98. The van der Waals surface area contributed by atoms with Gasteiger partial charge in [-0.1, -0.05) is 75.0 Å². The van der Waals surface area contributed by atoms with Crippen molar-refractivity contribution in [2.45, 2.75) is 50.2 Å². The Kier molecular flexibility index (Phi) is 6.47. The molecule has 1 heterocycles. The van der Waals surface area contributed by atoms with E-state index < -0.39 is 0 Å². The molecule has 0 saturated heterocycles. The predicted octanol–water partition coefficient (Wildman–Crippen LogP) is 5.02. The maximum atomic E-state index is 9.73. The lowest BCUT2D eigenvalue weighted by atomic mass is 9.87. The quantitative estimate of drug-likeness (QED) is 0.570. The zero-order chi connectivity index (χ0) is 20.1. The fourth-order valence-corrected chi connectivity index (χ4v) is 4.01. The molecule has 0 fully saturated rings. The highest BCUT2D eigenvalue weighted by Crippen LogP contribution is 2.28. The Balaban J connectivity index is 1.77. The molecule has 0 atom stereocenters. The monoisotopic (exact) mass is 396 g/mol. The molecule has 1 N–H and O–H groups in total. The molecule has 148 valence electrons. The van der Waals surface area contributed by atoms with Gasteiger partial charge >= 0.3 is 0 Å². The van der Waals surface area contributed by atoms with Gasteiger partial charge in [-0.25, -0.2) is 4.98 Å². The predicted molar refractivity (Wildman–Crippen MR) is 115 cm³/mol. The summed E-state index contributed by atoms with van der Waals surface area (Å²) in [6.07, 6.45) is 1.75. The van der Waals surface area contributed by atoms with Gasteiger partial charge in [-0.15, -0.1) is 0 Å². The Labute approximate surface area is 171 Å². The number of aliphatic hydroxyl groups is 1. The van der Waals surface area contributed by atoms with Crippen LogP contribution in [0.3, 0.4) is 0 Å². The summed E-state index contributed by atoms with van der Waals surface area (Å²) in [6.45, 7) is 7.25. The Morgan fingerprint density at radius 2 is 1.79 bits per heavy atom. The summed E-state index contributed by atoms with van der Waals surface area (Å²) in [5, 5.41) is 10.6. The summed E-state index contributed by atoms with van der Waals surface area (Å²) >= 11 is 1.68. The van der Waals surface area contributed by atoms with Crippen molar-refractivity contribution in [3.05, 3.63) is 77.1 Å². The Bertz CT molecular complexity index is 911. The standard InChI is InChI=1S/C23H28N2O2S/c1-23(2,3)19-11-9-17(10-12-19)16-28-22-24-13-20(15-26)25(22)14-18-7-5-6-8-21(18)27-4/h5-13,26H,14-16H2,1-4H3. The number of imidazole rings is 1. The normalized spacial score (nSPS) is 11.6. The molecule has 0 aliphatic heterocycles. The van der Waals surface area contributed by atoms with Crippen molar-refractivity contribution >= 4 is 11.8 Å². The molecule has 0 bridgehead atoms. The first kappa shape index (κ1) is 20.5. The maximum Gasteiger partial charge on any atom is 0.168 e. The average molecular weight is 397 g/mol. The molecule has 0 spiro atoms. The second-order valence-electron chi connectivity index (χ2n) is 7.82. The van der Waals surface area contributed by atoms with Gasteiger partial charge in [0.15, 0.2) is 5.16 Å². The highest BCUT2D eigenvalue weighted by Gasteiger charge is 2.15. The number of aromatic nitrogens is 2.